The highest BCUT2D eigenvalue weighted by Crippen LogP contribution is 2.37. The minimum atomic E-state index is -0.330. The number of hydrogen-bond donors (Lipinski definition) is 1. The topological polar surface area (TPSA) is 58.6 Å². The van der Waals surface area contributed by atoms with Crippen molar-refractivity contribution < 1.29 is 14.3 Å². The van der Waals surface area contributed by atoms with Crippen LogP contribution in [0.4, 0.5) is 11.4 Å². The lowest BCUT2D eigenvalue weighted by Gasteiger charge is -2.33. The van der Waals surface area contributed by atoms with E-state index >= 15 is 0 Å². The molecule has 1 amide bonds. The third-order valence-electron chi connectivity index (χ3n) is 4.09. The number of nitrogens with one attached hydrogen (secondary N) is 1. The maximum Gasteiger partial charge on any atom is 0.338 e. The molecule has 2 aliphatic rings. The molecule has 1 aromatic carbocycles. The van der Waals surface area contributed by atoms with E-state index in [0.29, 0.717) is 17.9 Å². The molecule has 2 heterocycles. The Morgan fingerprint density at radius 3 is 3.14 bits per heavy atom. The molecule has 1 N–H and O–H groups in total. The minimum absolute atomic E-state index is 0.0245. The number of benzene rings is 1. The fraction of sp³-hybridized carbons (Fsp3) is 0.500. The number of hydrogen-bond acceptors (Lipinski definition) is 4. The number of rotatable bonds is 4. The van der Waals surface area contributed by atoms with Gasteiger partial charge in [0.05, 0.1) is 23.5 Å². The van der Waals surface area contributed by atoms with Crippen molar-refractivity contribution in [2.45, 2.75) is 38.6 Å². The van der Waals surface area contributed by atoms with Gasteiger partial charge in [-0.1, -0.05) is 13.3 Å². The Hall–Kier alpha value is -2.04. The molecule has 0 aliphatic carbocycles. The van der Waals surface area contributed by atoms with Crippen LogP contribution >= 0.6 is 0 Å². The van der Waals surface area contributed by atoms with Gasteiger partial charge in [-0.25, -0.2) is 4.79 Å². The van der Waals surface area contributed by atoms with Gasteiger partial charge >= 0.3 is 5.97 Å². The van der Waals surface area contributed by atoms with E-state index in [1.807, 2.05) is 6.07 Å². The van der Waals surface area contributed by atoms with E-state index in [4.69, 9.17) is 4.74 Å². The summed E-state index contributed by atoms with van der Waals surface area (Å²) in [6, 6.07) is 5.35. The lowest BCUT2D eigenvalue weighted by molar-refractivity contribution is -0.117. The summed E-state index contributed by atoms with van der Waals surface area (Å²) in [5.74, 6) is -0.305. The first-order valence-electron chi connectivity index (χ1n) is 7.59. The van der Waals surface area contributed by atoms with Crippen LogP contribution in [0.5, 0.6) is 0 Å². The highest BCUT2D eigenvalue weighted by atomic mass is 16.5. The molecule has 3 rings (SSSR count). The van der Waals surface area contributed by atoms with Crippen LogP contribution in [0.15, 0.2) is 18.2 Å². The molecule has 5 heteroatoms. The zero-order valence-corrected chi connectivity index (χ0v) is 12.2. The van der Waals surface area contributed by atoms with Crippen LogP contribution in [0.1, 0.15) is 43.0 Å². The van der Waals surface area contributed by atoms with Crippen LogP contribution in [0.3, 0.4) is 0 Å². The Balaban J connectivity index is 1.80. The normalized spacial score (nSPS) is 19.8. The van der Waals surface area contributed by atoms with E-state index in [9.17, 15) is 9.59 Å². The molecule has 5 nitrogen and oxygen atoms in total. The number of fused-ring (bicyclic) bond motifs is 3. The Morgan fingerprint density at radius 1 is 1.48 bits per heavy atom. The Morgan fingerprint density at radius 2 is 2.33 bits per heavy atom. The number of unbranched alkanes of at least 4 members (excludes halogenated alkanes) is 1. The summed E-state index contributed by atoms with van der Waals surface area (Å²) in [6.07, 6.45) is 3.77. The summed E-state index contributed by atoms with van der Waals surface area (Å²) < 4.78 is 5.21. The van der Waals surface area contributed by atoms with Gasteiger partial charge in [-0.3, -0.25) is 4.79 Å². The van der Waals surface area contributed by atoms with Crippen LogP contribution in [0, 0.1) is 0 Å². The van der Waals surface area contributed by atoms with Crippen molar-refractivity contribution in [1.29, 1.82) is 0 Å². The van der Waals surface area contributed by atoms with E-state index in [0.717, 1.165) is 37.9 Å². The number of carbonyl (C=O) groups excluding carboxylic acids is 2. The maximum absolute atomic E-state index is 12.1. The maximum atomic E-state index is 12.1. The summed E-state index contributed by atoms with van der Waals surface area (Å²) in [5, 5.41) is 2.91. The molecule has 1 saturated heterocycles. The fourth-order valence-corrected chi connectivity index (χ4v) is 2.95. The number of ether oxygens (including phenoxy) is 1. The predicted octanol–water partition coefficient (Wildman–Crippen LogP) is 2.56. The standard InChI is InChI=1S/C16H20N2O3/c1-2-3-9-21-16(20)11-6-7-13-12(10-11)17-15(19)14-5-4-8-18(13)14/h6-7,10,14H,2-5,8-9H2,1H3,(H,17,19). The van der Waals surface area contributed by atoms with Gasteiger partial charge in [0.25, 0.3) is 0 Å². The van der Waals surface area contributed by atoms with Crippen molar-refractivity contribution in [3.8, 4) is 0 Å². The molecule has 0 saturated carbocycles. The van der Waals surface area contributed by atoms with Gasteiger partial charge in [0, 0.05) is 6.54 Å². The van der Waals surface area contributed by atoms with Crippen molar-refractivity contribution in [3.05, 3.63) is 23.8 Å². The third kappa shape index (κ3) is 2.60. The lowest BCUT2D eigenvalue weighted by atomic mass is 10.1. The van der Waals surface area contributed by atoms with Gasteiger partial charge < -0.3 is 15.0 Å². The molecule has 2 aliphatic heterocycles. The summed E-state index contributed by atoms with van der Waals surface area (Å²) in [4.78, 5) is 26.2. The SMILES string of the molecule is CCCCOC(=O)c1ccc2c(c1)NC(=O)C1CCCN21. The van der Waals surface area contributed by atoms with Gasteiger partial charge in [-0.05, 0) is 37.5 Å². The Bertz CT molecular complexity index is 571. The van der Waals surface area contributed by atoms with Gasteiger partial charge in [-0.2, -0.15) is 0 Å². The summed E-state index contributed by atoms with van der Waals surface area (Å²) >= 11 is 0. The first kappa shape index (κ1) is 13.9. The monoisotopic (exact) mass is 288 g/mol. The quantitative estimate of drug-likeness (QED) is 0.683. The van der Waals surface area contributed by atoms with E-state index < -0.39 is 0 Å². The van der Waals surface area contributed by atoms with Gasteiger partial charge in [-0.15, -0.1) is 0 Å². The van der Waals surface area contributed by atoms with Gasteiger partial charge in [0.2, 0.25) is 5.91 Å². The highest BCUT2D eigenvalue weighted by Gasteiger charge is 2.36. The fourth-order valence-electron chi connectivity index (χ4n) is 2.95. The number of amides is 1. The first-order chi connectivity index (χ1) is 10.2. The number of esters is 1. The van der Waals surface area contributed by atoms with E-state index in [2.05, 4.69) is 17.1 Å². The first-order valence-corrected chi connectivity index (χ1v) is 7.59. The summed E-state index contributed by atoms with van der Waals surface area (Å²) in [5.41, 5.74) is 2.20. The van der Waals surface area contributed by atoms with E-state index in [-0.39, 0.29) is 17.9 Å². The average Bonchev–Trinajstić information content (AvgIpc) is 2.97. The Labute approximate surface area is 124 Å². The molecule has 0 bridgehead atoms. The number of anilines is 2. The summed E-state index contributed by atoms with van der Waals surface area (Å²) in [7, 11) is 0. The smallest absolute Gasteiger partial charge is 0.338 e. The van der Waals surface area contributed by atoms with Crippen molar-refractivity contribution in [2.75, 3.05) is 23.4 Å². The molecular formula is C16H20N2O3. The van der Waals surface area contributed by atoms with Crippen LogP contribution in [0.2, 0.25) is 0 Å². The third-order valence-corrected chi connectivity index (χ3v) is 4.09. The van der Waals surface area contributed by atoms with Crippen LogP contribution in [-0.4, -0.2) is 31.1 Å². The molecule has 0 aromatic heterocycles. The van der Waals surface area contributed by atoms with Gasteiger partial charge in [0.15, 0.2) is 0 Å². The van der Waals surface area contributed by atoms with Crippen molar-refractivity contribution in [2.24, 2.45) is 0 Å². The Kier molecular flexibility index (Phi) is 3.82. The lowest BCUT2D eigenvalue weighted by Crippen LogP contribution is -2.43. The zero-order chi connectivity index (χ0) is 14.8. The van der Waals surface area contributed by atoms with Crippen molar-refractivity contribution >= 4 is 23.3 Å². The second kappa shape index (κ2) is 5.76. The molecule has 112 valence electrons. The van der Waals surface area contributed by atoms with E-state index in [1.165, 1.54) is 0 Å². The molecule has 1 atom stereocenters. The largest absolute Gasteiger partial charge is 0.462 e. The van der Waals surface area contributed by atoms with Crippen LogP contribution in [-0.2, 0) is 9.53 Å². The van der Waals surface area contributed by atoms with Crippen LogP contribution < -0.4 is 10.2 Å². The second-order valence-electron chi connectivity index (χ2n) is 5.56. The molecule has 0 spiro atoms. The number of nitrogens with zero attached hydrogens (tertiary/aromatic N) is 1. The van der Waals surface area contributed by atoms with E-state index in [1.54, 1.807) is 12.1 Å². The molecule has 1 aromatic rings. The zero-order valence-electron chi connectivity index (χ0n) is 12.2. The van der Waals surface area contributed by atoms with Crippen molar-refractivity contribution in [3.63, 3.8) is 0 Å². The van der Waals surface area contributed by atoms with Gasteiger partial charge in [0.1, 0.15) is 6.04 Å². The highest BCUT2D eigenvalue weighted by molar-refractivity contribution is 6.05. The van der Waals surface area contributed by atoms with Crippen LogP contribution in [0.25, 0.3) is 0 Å². The van der Waals surface area contributed by atoms with Crippen molar-refractivity contribution in [1.82, 2.24) is 0 Å². The molecular weight excluding hydrogens is 268 g/mol. The number of carbonyl (C=O) groups is 2. The molecule has 1 unspecified atom stereocenters. The molecule has 21 heavy (non-hydrogen) atoms. The second-order valence-corrected chi connectivity index (χ2v) is 5.56. The molecule has 0 radical (unpaired) electrons. The molecule has 1 fully saturated rings. The summed E-state index contributed by atoms with van der Waals surface area (Å²) in [6.45, 7) is 3.38. The average molecular weight is 288 g/mol. The predicted molar refractivity (Wildman–Crippen MR) is 80.6 cm³/mol. The minimum Gasteiger partial charge on any atom is -0.462 e.